The lowest BCUT2D eigenvalue weighted by Crippen LogP contribution is -2.02. The number of rotatable bonds is 13. The normalized spacial score (nSPS) is 11.3. The van der Waals surface area contributed by atoms with E-state index >= 15 is 0 Å². The maximum Gasteiger partial charge on any atom is 0.168 e. The van der Waals surface area contributed by atoms with Gasteiger partial charge in [0.15, 0.2) is 34.9 Å². The smallest absolute Gasteiger partial charge is 0.168 e. The molecule has 0 radical (unpaired) electrons. The molecule has 0 amide bonds. The number of nitriles is 2. The van der Waals surface area contributed by atoms with Gasteiger partial charge in [-0.15, -0.1) is 0 Å². The Morgan fingerprint density at radius 2 is 0.559 bits per heavy atom. The summed E-state index contributed by atoms with van der Waals surface area (Å²) >= 11 is 0. The molecular formula is C92H54N8O2. The van der Waals surface area contributed by atoms with E-state index < -0.39 is 0 Å². The van der Waals surface area contributed by atoms with Gasteiger partial charge in [-0.25, -0.2) is 29.9 Å². The lowest BCUT2D eigenvalue weighted by molar-refractivity contribution is 0.669. The molecule has 102 heavy (non-hydrogen) atoms. The minimum atomic E-state index is 0.458. The van der Waals surface area contributed by atoms with Gasteiger partial charge in [0, 0.05) is 43.8 Å². The fourth-order valence-electron chi connectivity index (χ4n) is 13.8. The molecule has 0 aliphatic carbocycles. The molecule has 0 aliphatic heterocycles. The van der Waals surface area contributed by atoms with E-state index in [1.54, 1.807) is 0 Å². The average Bonchev–Trinajstić information content (AvgIpc) is 1.53. The first-order chi connectivity index (χ1) is 50.4. The highest BCUT2D eigenvalue weighted by atomic mass is 16.3. The molecule has 4 heterocycles. The molecule has 0 fully saturated rings. The Balaban J connectivity index is 0.785. The first-order valence-electron chi connectivity index (χ1n) is 33.6. The van der Waals surface area contributed by atoms with Crippen LogP contribution in [0.2, 0.25) is 0 Å². The lowest BCUT2D eigenvalue weighted by Gasteiger charge is -2.16. The number of hydrogen-bond acceptors (Lipinski definition) is 10. The SMILES string of the molecule is N#Cc1ccc(-c2ccc(-c3cc(-c4ccc(-c5cccc(-c6nc(-c7ccccc7)nc(-c7c(-c8cccc(-c9ccc(C#N)cc9)c8)ccc8c7oc7ccccc78)n6)c5)cc4)c4c(oc5ccccc54)c3-c3nc(-c4ccccc4)nc(-c4cccc(-c5ccccc5)c4)n3)cc2)cc1. The van der Waals surface area contributed by atoms with E-state index in [0.717, 1.165) is 144 Å². The minimum absolute atomic E-state index is 0.458. The highest BCUT2D eigenvalue weighted by Gasteiger charge is 2.27. The third-order valence-electron chi connectivity index (χ3n) is 18.9. The van der Waals surface area contributed by atoms with Gasteiger partial charge in [0.25, 0.3) is 0 Å². The van der Waals surface area contributed by atoms with Crippen molar-refractivity contribution in [2.24, 2.45) is 0 Å². The molecule has 0 aliphatic rings. The van der Waals surface area contributed by atoms with Crippen molar-refractivity contribution in [2.75, 3.05) is 0 Å². The van der Waals surface area contributed by atoms with Crippen LogP contribution >= 0.6 is 0 Å². The van der Waals surface area contributed by atoms with Crippen molar-refractivity contribution >= 4 is 43.9 Å². The van der Waals surface area contributed by atoms with Crippen molar-refractivity contribution in [1.82, 2.24) is 29.9 Å². The summed E-state index contributed by atoms with van der Waals surface area (Å²) in [5, 5.41) is 23.0. The Hall–Kier alpha value is -14.3. The highest BCUT2D eigenvalue weighted by Crippen LogP contribution is 2.49. The number of hydrogen-bond donors (Lipinski definition) is 0. The van der Waals surface area contributed by atoms with Crippen molar-refractivity contribution in [2.45, 2.75) is 0 Å². The van der Waals surface area contributed by atoms with Crippen molar-refractivity contribution < 1.29 is 8.83 Å². The van der Waals surface area contributed by atoms with Crippen LogP contribution < -0.4 is 0 Å². The monoisotopic (exact) mass is 1300 g/mol. The van der Waals surface area contributed by atoms with Gasteiger partial charge < -0.3 is 8.83 Å². The van der Waals surface area contributed by atoms with E-state index in [4.69, 9.17) is 38.7 Å². The van der Waals surface area contributed by atoms with Crippen molar-refractivity contribution in [1.29, 1.82) is 10.5 Å². The zero-order valence-electron chi connectivity index (χ0n) is 54.6. The van der Waals surface area contributed by atoms with Crippen LogP contribution in [0.15, 0.2) is 336 Å². The lowest BCUT2D eigenvalue weighted by atomic mass is 9.89. The zero-order chi connectivity index (χ0) is 68.0. The molecule has 0 atom stereocenters. The minimum Gasteiger partial charge on any atom is -0.455 e. The average molecular weight is 1300 g/mol. The first kappa shape index (κ1) is 60.1. The predicted molar refractivity (Wildman–Crippen MR) is 408 cm³/mol. The summed E-state index contributed by atoms with van der Waals surface area (Å²) in [5.41, 5.74) is 22.4. The molecule has 474 valence electrons. The summed E-state index contributed by atoms with van der Waals surface area (Å²) in [6.07, 6.45) is 0. The molecule has 0 spiro atoms. The van der Waals surface area contributed by atoms with Crippen LogP contribution in [0, 0.1) is 22.7 Å². The summed E-state index contributed by atoms with van der Waals surface area (Å²) in [7, 11) is 0. The molecular weight excluding hydrogens is 1250 g/mol. The third kappa shape index (κ3) is 11.2. The third-order valence-corrected chi connectivity index (χ3v) is 18.9. The van der Waals surface area contributed by atoms with Gasteiger partial charge in [0.05, 0.1) is 34.4 Å². The van der Waals surface area contributed by atoms with Crippen LogP contribution in [-0.2, 0) is 0 Å². The first-order valence-corrected chi connectivity index (χ1v) is 33.6. The fourth-order valence-corrected chi connectivity index (χ4v) is 13.8. The maximum atomic E-state index is 9.64. The number of furan rings is 2. The second kappa shape index (κ2) is 25.6. The molecule has 18 rings (SSSR count). The van der Waals surface area contributed by atoms with Crippen molar-refractivity contribution in [3.8, 4) is 158 Å². The van der Waals surface area contributed by atoms with Crippen LogP contribution in [-0.4, -0.2) is 29.9 Å². The number of para-hydroxylation sites is 2. The van der Waals surface area contributed by atoms with Gasteiger partial charge in [-0.05, 0) is 145 Å². The fraction of sp³-hybridized carbons (Fsp3) is 0. The number of nitrogens with zero attached hydrogens (tertiary/aromatic N) is 8. The molecule has 14 aromatic carbocycles. The Bertz CT molecular complexity index is 6360. The van der Waals surface area contributed by atoms with E-state index in [1.165, 1.54) is 0 Å². The van der Waals surface area contributed by atoms with Crippen LogP contribution in [0.1, 0.15) is 11.1 Å². The van der Waals surface area contributed by atoms with Crippen molar-refractivity contribution in [3.05, 3.63) is 339 Å². The zero-order valence-corrected chi connectivity index (χ0v) is 54.6. The number of aromatic nitrogens is 6. The van der Waals surface area contributed by atoms with E-state index in [9.17, 15) is 10.5 Å². The number of benzene rings is 14. The van der Waals surface area contributed by atoms with Crippen LogP contribution in [0.5, 0.6) is 0 Å². The van der Waals surface area contributed by atoms with Gasteiger partial charge in [-0.2, -0.15) is 10.5 Å². The quantitative estimate of drug-likeness (QED) is 0.109. The molecule has 18 aromatic rings. The topological polar surface area (TPSA) is 151 Å². The van der Waals surface area contributed by atoms with Gasteiger partial charge in [-0.3, -0.25) is 0 Å². The van der Waals surface area contributed by atoms with E-state index in [-0.39, 0.29) is 0 Å². The van der Waals surface area contributed by atoms with Gasteiger partial charge in [-0.1, -0.05) is 261 Å². The van der Waals surface area contributed by atoms with Crippen LogP contribution in [0.3, 0.4) is 0 Å². The molecule has 10 heteroatoms. The standard InChI is InChI=1S/C92H54N8O2/c93-55-57-33-37-60(38-34-57)61-41-45-65(46-42-61)79-54-78(82-77-30-11-13-32-81(77)102-86(82)84(79)92-98-88(67-21-8-3-9-22-67)96-90(100-92)72-27-15-24-69(52-72)59-17-4-1-5-18-59)64-47-43-63(44-48-64)70-25-16-28-73(53-70)89-95-87(66-19-6-2-7-20-66)97-91(99-89)83-74(49-50-76-75-29-10-12-31-80(75)101-85(76)83)71-26-14-23-68(51-71)62-39-35-58(56-94)36-40-62/h1-54H. The molecule has 0 saturated heterocycles. The Labute approximate surface area is 586 Å². The maximum absolute atomic E-state index is 9.64. The number of fused-ring (bicyclic) bond motifs is 6. The molecule has 0 bridgehead atoms. The van der Waals surface area contributed by atoms with Crippen molar-refractivity contribution in [3.63, 3.8) is 0 Å². The highest BCUT2D eigenvalue weighted by molar-refractivity contribution is 6.19. The summed E-state index contributed by atoms with van der Waals surface area (Å²) in [4.78, 5) is 32.1. The Morgan fingerprint density at radius 1 is 0.216 bits per heavy atom. The summed E-state index contributed by atoms with van der Waals surface area (Å²) in [6, 6.07) is 115. The summed E-state index contributed by atoms with van der Waals surface area (Å²) < 4.78 is 14.1. The second-order valence-corrected chi connectivity index (χ2v) is 25.1. The predicted octanol–water partition coefficient (Wildman–Crippen LogP) is 23.3. The Morgan fingerprint density at radius 3 is 1.07 bits per heavy atom. The van der Waals surface area contributed by atoms with Gasteiger partial charge in [0.2, 0.25) is 0 Å². The molecule has 10 nitrogen and oxygen atoms in total. The summed E-state index contributed by atoms with van der Waals surface area (Å²) in [6.45, 7) is 0. The van der Waals surface area contributed by atoms with Gasteiger partial charge >= 0.3 is 0 Å². The largest absolute Gasteiger partial charge is 0.455 e. The second-order valence-electron chi connectivity index (χ2n) is 25.1. The van der Waals surface area contributed by atoms with Crippen LogP contribution in [0.4, 0.5) is 0 Å². The summed E-state index contributed by atoms with van der Waals surface area (Å²) in [5.74, 6) is 2.98. The van der Waals surface area contributed by atoms with E-state index in [0.29, 0.717) is 57.2 Å². The van der Waals surface area contributed by atoms with Gasteiger partial charge in [0.1, 0.15) is 22.3 Å². The molecule has 0 N–H and O–H groups in total. The molecule has 0 unspecified atom stereocenters. The van der Waals surface area contributed by atoms with E-state index in [1.807, 2.05) is 158 Å². The molecule has 4 aromatic heterocycles. The molecule has 0 saturated carbocycles. The van der Waals surface area contributed by atoms with Crippen LogP contribution in [0.25, 0.3) is 190 Å². The van der Waals surface area contributed by atoms with E-state index in [2.05, 4.69) is 182 Å². The Kier molecular flexibility index (Phi) is 15.1.